The van der Waals surface area contributed by atoms with Crippen molar-refractivity contribution in [2.75, 3.05) is 26.2 Å². The van der Waals surface area contributed by atoms with Crippen LogP contribution in [0.5, 0.6) is 0 Å². The molecular formula is C17H25Cl2FN2. The maximum absolute atomic E-state index is 13.8. The molecule has 0 unspecified atom stereocenters. The molecule has 2 nitrogen and oxygen atoms in total. The highest BCUT2D eigenvalue weighted by Gasteiger charge is 2.31. The quantitative estimate of drug-likeness (QED) is 0.870. The molecule has 1 atom stereocenters. The first kappa shape index (κ1) is 18.0. The molecule has 0 amide bonds. The van der Waals surface area contributed by atoms with Gasteiger partial charge < -0.3 is 5.32 Å². The topological polar surface area (TPSA) is 15.3 Å². The van der Waals surface area contributed by atoms with E-state index >= 15 is 0 Å². The molecule has 1 aromatic carbocycles. The minimum Gasteiger partial charge on any atom is -0.314 e. The van der Waals surface area contributed by atoms with Gasteiger partial charge in [-0.05, 0) is 42.5 Å². The largest absolute Gasteiger partial charge is 0.314 e. The van der Waals surface area contributed by atoms with Gasteiger partial charge in [0.25, 0.3) is 0 Å². The SMILES string of the molecule is Cl.Fc1cc(Cl)cc([C@H](C2CCCCC2)N2CCNCC2)c1. The molecule has 0 bridgehead atoms. The molecule has 2 fully saturated rings. The van der Waals surface area contributed by atoms with Gasteiger partial charge in [0.1, 0.15) is 5.82 Å². The molecule has 1 aliphatic heterocycles. The summed E-state index contributed by atoms with van der Waals surface area (Å²) in [7, 11) is 0. The smallest absolute Gasteiger partial charge is 0.125 e. The molecule has 1 aliphatic carbocycles. The number of halogens is 3. The van der Waals surface area contributed by atoms with Crippen LogP contribution in [0.15, 0.2) is 18.2 Å². The Morgan fingerprint density at radius 3 is 2.41 bits per heavy atom. The molecule has 22 heavy (non-hydrogen) atoms. The van der Waals surface area contributed by atoms with Crippen molar-refractivity contribution >= 4 is 24.0 Å². The third-order valence-electron chi connectivity index (χ3n) is 4.87. The summed E-state index contributed by atoms with van der Waals surface area (Å²) in [6.45, 7) is 4.11. The van der Waals surface area contributed by atoms with Crippen LogP contribution in [0.4, 0.5) is 4.39 Å². The summed E-state index contributed by atoms with van der Waals surface area (Å²) in [4.78, 5) is 2.53. The van der Waals surface area contributed by atoms with Gasteiger partial charge in [0.15, 0.2) is 0 Å². The lowest BCUT2D eigenvalue weighted by Crippen LogP contribution is -2.47. The van der Waals surface area contributed by atoms with Crippen molar-refractivity contribution in [2.24, 2.45) is 5.92 Å². The fraction of sp³-hybridized carbons (Fsp3) is 0.647. The first-order valence-electron chi connectivity index (χ1n) is 8.15. The van der Waals surface area contributed by atoms with Gasteiger partial charge in [-0.1, -0.05) is 30.9 Å². The Hall–Kier alpha value is -0.350. The van der Waals surface area contributed by atoms with Crippen LogP contribution in [0, 0.1) is 11.7 Å². The Balaban J connectivity index is 0.00000176. The summed E-state index contributed by atoms with van der Waals surface area (Å²) >= 11 is 6.10. The minimum atomic E-state index is -0.214. The van der Waals surface area contributed by atoms with E-state index in [1.165, 1.54) is 38.2 Å². The van der Waals surface area contributed by atoms with E-state index in [2.05, 4.69) is 10.2 Å². The maximum Gasteiger partial charge on any atom is 0.125 e. The van der Waals surface area contributed by atoms with Crippen LogP contribution in [0.1, 0.15) is 43.7 Å². The summed E-state index contributed by atoms with van der Waals surface area (Å²) in [6, 6.07) is 5.38. The Labute approximate surface area is 143 Å². The molecule has 0 spiro atoms. The number of nitrogens with zero attached hydrogens (tertiary/aromatic N) is 1. The normalized spacial score (nSPS) is 22.1. The van der Waals surface area contributed by atoms with E-state index < -0.39 is 0 Å². The summed E-state index contributed by atoms with van der Waals surface area (Å²) < 4.78 is 13.8. The molecule has 1 heterocycles. The van der Waals surface area contributed by atoms with Crippen molar-refractivity contribution < 1.29 is 4.39 Å². The predicted molar refractivity (Wildman–Crippen MR) is 92.4 cm³/mol. The molecule has 5 heteroatoms. The van der Waals surface area contributed by atoms with Crippen LogP contribution in [0.2, 0.25) is 5.02 Å². The summed E-state index contributed by atoms with van der Waals surface area (Å²) in [6.07, 6.45) is 6.45. The number of nitrogens with one attached hydrogen (secondary N) is 1. The lowest BCUT2D eigenvalue weighted by molar-refractivity contribution is 0.103. The van der Waals surface area contributed by atoms with Crippen molar-refractivity contribution in [1.82, 2.24) is 10.2 Å². The Morgan fingerprint density at radius 1 is 1.09 bits per heavy atom. The highest BCUT2D eigenvalue weighted by Crippen LogP contribution is 2.39. The molecule has 2 aliphatic rings. The van der Waals surface area contributed by atoms with E-state index in [4.69, 9.17) is 11.6 Å². The molecule has 0 aromatic heterocycles. The molecule has 1 saturated carbocycles. The first-order chi connectivity index (χ1) is 10.2. The van der Waals surface area contributed by atoms with Crippen molar-refractivity contribution in [1.29, 1.82) is 0 Å². The van der Waals surface area contributed by atoms with Crippen molar-refractivity contribution in [3.63, 3.8) is 0 Å². The fourth-order valence-electron chi connectivity index (χ4n) is 3.94. The second-order valence-electron chi connectivity index (χ2n) is 6.33. The minimum absolute atomic E-state index is 0. The first-order valence-corrected chi connectivity index (χ1v) is 8.52. The van der Waals surface area contributed by atoms with E-state index in [0.717, 1.165) is 31.7 Å². The van der Waals surface area contributed by atoms with Gasteiger partial charge in [-0.15, -0.1) is 12.4 Å². The standard InChI is InChI=1S/C17H24ClFN2.ClH/c18-15-10-14(11-16(19)12-15)17(13-4-2-1-3-5-13)21-8-6-20-7-9-21;/h10-13,17,20H,1-9H2;1H/t17-;/m0./s1. The molecule has 124 valence electrons. The van der Waals surface area contributed by atoms with E-state index in [1.807, 2.05) is 6.07 Å². The molecule has 1 N–H and O–H groups in total. The van der Waals surface area contributed by atoms with Crippen molar-refractivity contribution in [3.05, 3.63) is 34.6 Å². The van der Waals surface area contributed by atoms with Crippen LogP contribution in [-0.4, -0.2) is 31.1 Å². The Bertz CT molecular complexity index is 433. The Morgan fingerprint density at radius 2 is 1.77 bits per heavy atom. The van der Waals surface area contributed by atoms with Gasteiger partial charge >= 0.3 is 0 Å². The number of piperazine rings is 1. The molecule has 1 aromatic rings. The van der Waals surface area contributed by atoms with Gasteiger partial charge in [-0.25, -0.2) is 4.39 Å². The van der Waals surface area contributed by atoms with E-state index in [1.54, 1.807) is 6.07 Å². The molecule has 3 rings (SSSR count). The van der Waals surface area contributed by atoms with Gasteiger partial charge in [-0.2, -0.15) is 0 Å². The zero-order chi connectivity index (χ0) is 14.7. The van der Waals surface area contributed by atoms with Crippen molar-refractivity contribution in [3.8, 4) is 0 Å². The average molecular weight is 347 g/mol. The lowest BCUT2D eigenvalue weighted by atomic mass is 9.80. The summed E-state index contributed by atoms with van der Waals surface area (Å²) in [5, 5.41) is 3.92. The van der Waals surface area contributed by atoms with E-state index in [-0.39, 0.29) is 18.2 Å². The fourth-order valence-corrected chi connectivity index (χ4v) is 4.17. The monoisotopic (exact) mass is 346 g/mol. The van der Waals surface area contributed by atoms with Crippen LogP contribution in [0.3, 0.4) is 0 Å². The van der Waals surface area contributed by atoms with Gasteiger partial charge in [0.2, 0.25) is 0 Å². The second-order valence-corrected chi connectivity index (χ2v) is 6.77. The maximum atomic E-state index is 13.8. The number of hydrogen-bond acceptors (Lipinski definition) is 2. The third kappa shape index (κ3) is 4.35. The van der Waals surface area contributed by atoms with Crippen LogP contribution in [0.25, 0.3) is 0 Å². The highest BCUT2D eigenvalue weighted by atomic mass is 35.5. The average Bonchev–Trinajstić information content (AvgIpc) is 2.49. The van der Waals surface area contributed by atoms with Crippen LogP contribution < -0.4 is 5.32 Å². The summed E-state index contributed by atoms with van der Waals surface area (Å²) in [5.41, 5.74) is 1.06. The third-order valence-corrected chi connectivity index (χ3v) is 5.09. The molecule has 1 saturated heterocycles. The van der Waals surface area contributed by atoms with E-state index in [9.17, 15) is 4.39 Å². The second kappa shape index (κ2) is 8.49. The van der Waals surface area contributed by atoms with Gasteiger partial charge in [0, 0.05) is 37.2 Å². The van der Waals surface area contributed by atoms with Crippen LogP contribution >= 0.6 is 24.0 Å². The number of benzene rings is 1. The van der Waals surface area contributed by atoms with E-state index in [0.29, 0.717) is 17.0 Å². The Kier molecular flexibility index (Phi) is 6.94. The van der Waals surface area contributed by atoms with Crippen LogP contribution in [-0.2, 0) is 0 Å². The number of hydrogen-bond donors (Lipinski definition) is 1. The zero-order valence-corrected chi connectivity index (χ0v) is 14.4. The lowest BCUT2D eigenvalue weighted by Gasteiger charge is -2.41. The van der Waals surface area contributed by atoms with Gasteiger partial charge in [-0.3, -0.25) is 4.90 Å². The van der Waals surface area contributed by atoms with Crippen molar-refractivity contribution in [2.45, 2.75) is 38.1 Å². The highest BCUT2D eigenvalue weighted by molar-refractivity contribution is 6.30. The summed E-state index contributed by atoms with van der Waals surface area (Å²) in [5.74, 6) is 0.420. The number of rotatable bonds is 3. The molecule has 0 radical (unpaired) electrons. The zero-order valence-electron chi connectivity index (χ0n) is 12.9. The predicted octanol–water partition coefficient (Wildman–Crippen LogP) is 4.43. The molecular weight excluding hydrogens is 322 g/mol. The van der Waals surface area contributed by atoms with Gasteiger partial charge in [0.05, 0.1) is 0 Å².